The van der Waals surface area contributed by atoms with Crippen molar-refractivity contribution in [2.24, 2.45) is 0 Å². The number of nitrogens with one attached hydrogen (secondary N) is 1. The molecule has 1 aromatic carbocycles. The Labute approximate surface area is 118 Å². The van der Waals surface area contributed by atoms with Gasteiger partial charge in [-0.1, -0.05) is 0 Å². The van der Waals surface area contributed by atoms with Crippen LogP contribution in [0.4, 0.5) is 15.9 Å². The van der Waals surface area contributed by atoms with Gasteiger partial charge in [0.1, 0.15) is 11.6 Å². The van der Waals surface area contributed by atoms with E-state index in [9.17, 15) is 9.18 Å². The SMILES string of the molecule is Cc1cc(Br)cnc1NC(=O)c1cc(N)ccc1F. The molecule has 98 valence electrons. The summed E-state index contributed by atoms with van der Waals surface area (Å²) in [5.74, 6) is -0.820. The van der Waals surface area contributed by atoms with Crippen LogP contribution in [0.1, 0.15) is 15.9 Å². The molecule has 0 saturated carbocycles. The van der Waals surface area contributed by atoms with Crippen molar-refractivity contribution in [2.45, 2.75) is 6.92 Å². The minimum absolute atomic E-state index is 0.107. The Hall–Kier alpha value is -1.95. The number of aryl methyl sites for hydroxylation is 1. The van der Waals surface area contributed by atoms with Crippen LogP contribution in [-0.2, 0) is 0 Å². The van der Waals surface area contributed by atoms with Gasteiger partial charge in [0.25, 0.3) is 5.91 Å². The lowest BCUT2D eigenvalue weighted by molar-refractivity contribution is 0.102. The first-order chi connectivity index (χ1) is 8.97. The molecule has 0 unspecified atom stereocenters. The molecule has 0 spiro atoms. The van der Waals surface area contributed by atoms with E-state index < -0.39 is 11.7 Å². The van der Waals surface area contributed by atoms with Gasteiger partial charge in [0, 0.05) is 16.4 Å². The maximum atomic E-state index is 13.5. The lowest BCUT2D eigenvalue weighted by atomic mass is 10.1. The number of benzene rings is 1. The molecule has 2 aromatic rings. The number of nitrogen functional groups attached to an aromatic ring is 1. The summed E-state index contributed by atoms with van der Waals surface area (Å²) in [4.78, 5) is 16.0. The first kappa shape index (κ1) is 13.5. The van der Waals surface area contributed by atoms with E-state index >= 15 is 0 Å². The summed E-state index contributed by atoms with van der Waals surface area (Å²) < 4.78 is 14.3. The van der Waals surface area contributed by atoms with Crippen LogP contribution in [0.3, 0.4) is 0 Å². The van der Waals surface area contributed by atoms with Crippen LogP contribution in [0.15, 0.2) is 34.9 Å². The quantitative estimate of drug-likeness (QED) is 0.834. The van der Waals surface area contributed by atoms with Gasteiger partial charge in [-0.05, 0) is 52.7 Å². The zero-order valence-corrected chi connectivity index (χ0v) is 11.7. The minimum Gasteiger partial charge on any atom is -0.399 e. The van der Waals surface area contributed by atoms with Crippen molar-refractivity contribution in [3.63, 3.8) is 0 Å². The molecule has 0 bridgehead atoms. The lowest BCUT2D eigenvalue weighted by Gasteiger charge is -2.08. The number of amides is 1. The largest absolute Gasteiger partial charge is 0.399 e. The minimum atomic E-state index is -0.624. The van der Waals surface area contributed by atoms with Crippen molar-refractivity contribution >= 4 is 33.3 Å². The zero-order chi connectivity index (χ0) is 14.0. The maximum Gasteiger partial charge on any atom is 0.259 e. The summed E-state index contributed by atoms with van der Waals surface area (Å²) >= 11 is 3.28. The van der Waals surface area contributed by atoms with Gasteiger partial charge < -0.3 is 11.1 Å². The number of carbonyl (C=O) groups is 1. The molecule has 0 saturated heterocycles. The van der Waals surface area contributed by atoms with Gasteiger partial charge in [0.05, 0.1) is 5.56 Å². The number of hydrogen-bond acceptors (Lipinski definition) is 3. The van der Waals surface area contributed by atoms with E-state index in [0.29, 0.717) is 11.5 Å². The molecule has 0 radical (unpaired) electrons. The lowest BCUT2D eigenvalue weighted by Crippen LogP contribution is -2.15. The topological polar surface area (TPSA) is 68.0 Å². The number of anilines is 2. The highest BCUT2D eigenvalue weighted by Gasteiger charge is 2.13. The average molecular weight is 324 g/mol. The van der Waals surface area contributed by atoms with Crippen LogP contribution < -0.4 is 11.1 Å². The Morgan fingerprint density at radius 3 is 2.84 bits per heavy atom. The Morgan fingerprint density at radius 1 is 1.42 bits per heavy atom. The van der Waals surface area contributed by atoms with Crippen molar-refractivity contribution in [1.29, 1.82) is 0 Å². The molecule has 2 rings (SSSR count). The zero-order valence-electron chi connectivity index (χ0n) is 10.1. The van der Waals surface area contributed by atoms with E-state index in [4.69, 9.17) is 5.73 Å². The van der Waals surface area contributed by atoms with Crippen molar-refractivity contribution < 1.29 is 9.18 Å². The first-order valence-corrected chi connectivity index (χ1v) is 6.25. The molecular weight excluding hydrogens is 313 g/mol. The second-order valence-corrected chi connectivity index (χ2v) is 4.93. The van der Waals surface area contributed by atoms with Crippen molar-refractivity contribution in [3.05, 3.63) is 51.9 Å². The molecule has 0 aliphatic heterocycles. The first-order valence-electron chi connectivity index (χ1n) is 5.46. The monoisotopic (exact) mass is 323 g/mol. The van der Waals surface area contributed by atoms with E-state index in [-0.39, 0.29) is 5.56 Å². The Bertz CT molecular complexity index is 646. The molecule has 0 atom stereocenters. The predicted octanol–water partition coefficient (Wildman–Crippen LogP) is 3.13. The molecule has 1 amide bonds. The Morgan fingerprint density at radius 2 is 2.16 bits per heavy atom. The summed E-state index contributed by atoms with van der Waals surface area (Å²) in [5, 5.41) is 2.56. The third-order valence-electron chi connectivity index (χ3n) is 2.51. The van der Waals surface area contributed by atoms with Gasteiger partial charge in [-0.2, -0.15) is 0 Å². The number of hydrogen-bond donors (Lipinski definition) is 2. The Balaban J connectivity index is 2.28. The van der Waals surface area contributed by atoms with E-state index in [1.807, 2.05) is 0 Å². The summed E-state index contributed by atoms with van der Waals surface area (Å²) in [5.41, 5.74) is 6.53. The second-order valence-electron chi connectivity index (χ2n) is 4.01. The van der Waals surface area contributed by atoms with Gasteiger partial charge in [0.15, 0.2) is 0 Å². The fourth-order valence-corrected chi connectivity index (χ4v) is 2.01. The Kier molecular flexibility index (Phi) is 3.80. The summed E-state index contributed by atoms with van der Waals surface area (Å²) in [6, 6.07) is 5.65. The van der Waals surface area contributed by atoms with E-state index in [0.717, 1.165) is 16.1 Å². The van der Waals surface area contributed by atoms with Crippen LogP contribution in [0.5, 0.6) is 0 Å². The number of carbonyl (C=O) groups excluding carboxylic acids is 1. The van der Waals surface area contributed by atoms with Crippen molar-refractivity contribution in [3.8, 4) is 0 Å². The second kappa shape index (κ2) is 5.36. The maximum absolute atomic E-state index is 13.5. The third kappa shape index (κ3) is 3.08. The number of nitrogens with zero attached hydrogens (tertiary/aromatic N) is 1. The highest BCUT2D eigenvalue weighted by Crippen LogP contribution is 2.19. The molecule has 1 heterocycles. The van der Waals surface area contributed by atoms with Crippen LogP contribution in [0.2, 0.25) is 0 Å². The number of rotatable bonds is 2. The van der Waals surface area contributed by atoms with Crippen molar-refractivity contribution in [2.75, 3.05) is 11.1 Å². The molecule has 1 aromatic heterocycles. The molecule has 19 heavy (non-hydrogen) atoms. The molecule has 4 nitrogen and oxygen atoms in total. The highest BCUT2D eigenvalue weighted by molar-refractivity contribution is 9.10. The van der Waals surface area contributed by atoms with Gasteiger partial charge in [-0.15, -0.1) is 0 Å². The normalized spacial score (nSPS) is 10.3. The number of nitrogens with two attached hydrogens (primary N) is 1. The van der Waals surface area contributed by atoms with Gasteiger partial charge >= 0.3 is 0 Å². The van der Waals surface area contributed by atoms with E-state index in [1.54, 1.807) is 19.2 Å². The van der Waals surface area contributed by atoms with E-state index in [1.165, 1.54) is 12.1 Å². The molecule has 0 aliphatic rings. The third-order valence-corrected chi connectivity index (χ3v) is 2.95. The van der Waals surface area contributed by atoms with Crippen LogP contribution >= 0.6 is 15.9 Å². The number of pyridine rings is 1. The highest BCUT2D eigenvalue weighted by atomic mass is 79.9. The predicted molar refractivity (Wildman–Crippen MR) is 75.4 cm³/mol. The van der Waals surface area contributed by atoms with Crippen LogP contribution in [0, 0.1) is 12.7 Å². The fourth-order valence-electron chi connectivity index (χ4n) is 1.56. The van der Waals surface area contributed by atoms with Gasteiger partial charge in [-0.3, -0.25) is 4.79 Å². The molecule has 6 heteroatoms. The molecular formula is C13H11BrFN3O. The van der Waals surface area contributed by atoms with E-state index in [2.05, 4.69) is 26.2 Å². The molecule has 0 fully saturated rings. The fraction of sp³-hybridized carbons (Fsp3) is 0.0769. The average Bonchev–Trinajstić information content (AvgIpc) is 2.35. The molecule has 3 N–H and O–H groups in total. The summed E-state index contributed by atoms with van der Waals surface area (Å²) in [6.07, 6.45) is 1.55. The number of aromatic nitrogens is 1. The van der Waals surface area contributed by atoms with Crippen LogP contribution in [-0.4, -0.2) is 10.9 Å². The summed E-state index contributed by atoms with van der Waals surface area (Å²) in [6.45, 7) is 1.79. The van der Waals surface area contributed by atoms with Gasteiger partial charge in [-0.25, -0.2) is 9.37 Å². The standard InChI is InChI=1S/C13H11BrFN3O/c1-7-4-8(14)6-17-12(7)18-13(19)10-5-9(16)2-3-11(10)15/h2-6H,16H2,1H3,(H,17,18,19). The number of halogens is 2. The van der Waals surface area contributed by atoms with Crippen LogP contribution in [0.25, 0.3) is 0 Å². The van der Waals surface area contributed by atoms with Crippen molar-refractivity contribution in [1.82, 2.24) is 4.98 Å². The molecule has 0 aliphatic carbocycles. The summed E-state index contributed by atoms with van der Waals surface area (Å²) in [7, 11) is 0. The van der Waals surface area contributed by atoms with Gasteiger partial charge in [0.2, 0.25) is 0 Å². The smallest absolute Gasteiger partial charge is 0.259 e.